The van der Waals surface area contributed by atoms with Gasteiger partial charge in [-0.05, 0) is 47.1 Å². The Morgan fingerprint density at radius 2 is 1.95 bits per heavy atom. The van der Waals surface area contributed by atoms with Crippen molar-refractivity contribution in [3.63, 3.8) is 0 Å². The molecule has 5 nitrogen and oxygen atoms in total. The van der Waals surface area contributed by atoms with Gasteiger partial charge in [-0.15, -0.1) is 0 Å². The molecule has 1 heterocycles. The fraction of sp³-hybridized carbons (Fsp3) is 0.200. The summed E-state index contributed by atoms with van der Waals surface area (Å²) in [5.74, 6) is -0.946. The third-order valence-corrected chi connectivity index (χ3v) is 3.53. The lowest BCUT2D eigenvalue weighted by atomic mass is 10.2. The monoisotopic (exact) mass is 370 g/mol. The second-order valence-electron chi connectivity index (χ2n) is 4.37. The number of hydrogen-bond acceptors (Lipinski definition) is 5. The third-order valence-electron chi connectivity index (χ3n) is 2.87. The number of esters is 2. The highest BCUT2D eigenvalue weighted by Gasteiger charge is 2.17. The lowest BCUT2D eigenvalue weighted by Crippen LogP contribution is -2.06. The van der Waals surface area contributed by atoms with Crippen LogP contribution in [0.2, 0.25) is 0 Å². The number of halogens is 2. The summed E-state index contributed by atoms with van der Waals surface area (Å²) in [5, 5.41) is 0. The molecule has 0 N–H and O–H groups in total. The lowest BCUT2D eigenvalue weighted by Gasteiger charge is -2.04. The highest BCUT2D eigenvalue weighted by Crippen LogP contribution is 2.21. The van der Waals surface area contributed by atoms with E-state index in [-0.39, 0.29) is 17.7 Å². The van der Waals surface area contributed by atoms with E-state index in [2.05, 4.69) is 20.7 Å². The Hall–Kier alpha value is -2.15. The third kappa shape index (κ3) is 3.54. The van der Waals surface area contributed by atoms with Gasteiger partial charge in [0.25, 0.3) is 0 Å². The van der Waals surface area contributed by atoms with Crippen LogP contribution in [-0.4, -0.2) is 19.0 Å². The maximum atomic E-state index is 13.0. The molecule has 0 bridgehead atoms. The first-order chi connectivity index (χ1) is 10.4. The van der Waals surface area contributed by atoms with Crippen molar-refractivity contribution in [2.45, 2.75) is 13.5 Å². The van der Waals surface area contributed by atoms with Crippen LogP contribution < -0.4 is 0 Å². The number of carbonyl (C=O) groups excluding carboxylic acids is 2. The van der Waals surface area contributed by atoms with Gasteiger partial charge >= 0.3 is 11.9 Å². The summed E-state index contributed by atoms with van der Waals surface area (Å²) in [4.78, 5) is 23.4. The van der Waals surface area contributed by atoms with Crippen LogP contribution in [0.3, 0.4) is 0 Å². The van der Waals surface area contributed by atoms with Crippen molar-refractivity contribution in [3.05, 3.63) is 57.2 Å². The van der Waals surface area contributed by atoms with Crippen molar-refractivity contribution in [1.29, 1.82) is 0 Å². The Bertz CT molecular complexity index is 723. The van der Waals surface area contributed by atoms with E-state index < -0.39 is 17.8 Å². The number of benzene rings is 1. The molecule has 7 heteroatoms. The molecular weight excluding hydrogens is 359 g/mol. The van der Waals surface area contributed by atoms with Crippen molar-refractivity contribution in [3.8, 4) is 0 Å². The Morgan fingerprint density at radius 3 is 2.59 bits per heavy atom. The smallest absolute Gasteiger partial charge is 0.341 e. The average Bonchev–Trinajstić information content (AvgIpc) is 2.85. The fourth-order valence-electron chi connectivity index (χ4n) is 1.80. The maximum absolute atomic E-state index is 13.0. The van der Waals surface area contributed by atoms with Crippen LogP contribution in [0, 0.1) is 12.7 Å². The van der Waals surface area contributed by atoms with Gasteiger partial charge in [-0.1, -0.05) is 0 Å². The molecule has 0 atom stereocenters. The van der Waals surface area contributed by atoms with Gasteiger partial charge in [-0.2, -0.15) is 0 Å². The molecule has 2 rings (SSSR count). The zero-order valence-corrected chi connectivity index (χ0v) is 13.4. The summed E-state index contributed by atoms with van der Waals surface area (Å²) >= 11 is 3.09. The van der Waals surface area contributed by atoms with E-state index in [4.69, 9.17) is 9.15 Å². The minimum atomic E-state index is -0.638. The quantitative estimate of drug-likeness (QED) is 0.768. The number of furan rings is 1. The van der Waals surface area contributed by atoms with Gasteiger partial charge in [-0.25, -0.2) is 14.0 Å². The molecule has 116 valence electrons. The van der Waals surface area contributed by atoms with Gasteiger partial charge in [0.2, 0.25) is 0 Å². The molecule has 0 amide bonds. The molecule has 0 unspecified atom stereocenters. The van der Waals surface area contributed by atoms with Gasteiger partial charge in [-0.3, -0.25) is 0 Å². The molecule has 0 saturated heterocycles. The second-order valence-corrected chi connectivity index (χ2v) is 5.23. The molecule has 0 saturated carbocycles. The van der Waals surface area contributed by atoms with Gasteiger partial charge in [0.1, 0.15) is 29.5 Å². The van der Waals surface area contributed by atoms with Gasteiger partial charge in [0.05, 0.1) is 12.7 Å². The summed E-state index contributed by atoms with van der Waals surface area (Å²) in [6, 6.07) is 5.10. The van der Waals surface area contributed by atoms with Crippen molar-refractivity contribution in [1.82, 2.24) is 0 Å². The Balaban J connectivity index is 2.07. The highest BCUT2D eigenvalue weighted by molar-refractivity contribution is 9.10. The molecule has 1 aromatic heterocycles. The van der Waals surface area contributed by atoms with Crippen LogP contribution in [-0.2, 0) is 16.1 Å². The van der Waals surface area contributed by atoms with E-state index >= 15 is 0 Å². The fourth-order valence-corrected chi connectivity index (χ4v) is 2.31. The van der Waals surface area contributed by atoms with Crippen molar-refractivity contribution >= 4 is 27.9 Å². The van der Waals surface area contributed by atoms with E-state index in [0.717, 1.165) is 6.07 Å². The van der Waals surface area contributed by atoms with Crippen LogP contribution in [0.4, 0.5) is 4.39 Å². The number of hydrogen-bond donors (Lipinski definition) is 0. The molecule has 2 aromatic rings. The van der Waals surface area contributed by atoms with E-state index in [1.807, 2.05) is 0 Å². The van der Waals surface area contributed by atoms with Crippen LogP contribution >= 0.6 is 15.9 Å². The van der Waals surface area contributed by atoms with Crippen LogP contribution in [0.5, 0.6) is 0 Å². The summed E-state index contributed by atoms with van der Waals surface area (Å²) in [5.41, 5.74) is 0.467. The predicted octanol–water partition coefficient (Wildman–Crippen LogP) is 3.63. The zero-order chi connectivity index (χ0) is 16.3. The topological polar surface area (TPSA) is 65.7 Å². The Morgan fingerprint density at radius 1 is 1.23 bits per heavy atom. The highest BCUT2D eigenvalue weighted by atomic mass is 79.9. The van der Waals surface area contributed by atoms with Crippen LogP contribution in [0.15, 0.2) is 33.2 Å². The molecule has 0 aliphatic rings. The molecule has 0 fully saturated rings. The first-order valence-electron chi connectivity index (χ1n) is 6.22. The molecule has 0 radical (unpaired) electrons. The maximum Gasteiger partial charge on any atom is 0.341 e. The van der Waals surface area contributed by atoms with E-state index in [0.29, 0.717) is 16.0 Å². The number of rotatable bonds is 4. The first-order valence-corrected chi connectivity index (χ1v) is 7.01. The first kappa shape index (κ1) is 16.2. The Kier molecular flexibility index (Phi) is 4.97. The second kappa shape index (κ2) is 6.74. The summed E-state index contributed by atoms with van der Waals surface area (Å²) in [6.45, 7) is 1.45. The SMILES string of the molecule is COC(=O)c1cc(COC(=O)c2ccc(F)cc2Br)oc1C. The summed E-state index contributed by atoms with van der Waals surface area (Å²) < 4.78 is 28.3. The largest absolute Gasteiger partial charge is 0.465 e. The van der Waals surface area contributed by atoms with Crippen molar-refractivity contribution in [2.75, 3.05) is 7.11 Å². The van der Waals surface area contributed by atoms with Crippen molar-refractivity contribution in [2.24, 2.45) is 0 Å². The van der Waals surface area contributed by atoms with E-state index in [1.165, 1.54) is 25.3 Å². The molecular formula is C15H12BrFO5. The lowest BCUT2D eigenvalue weighted by molar-refractivity contribution is 0.0442. The molecule has 0 spiro atoms. The Labute approximate surface area is 134 Å². The minimum Gasteiger partial charge on any atom is -0.465 e. The van der Waals surface area contributed by atoms with Crippen LogP contribution in [0.1, 0.15) is 32.2 Å². The van der Waals surface area contributed by atoms with Gasteiger partial charge in [0, 0.05) is 4.47 Å². The molecule has 0 aliphatic carbocycles. The average molecular weight is 371 g/mol. The number of methoxy groups -OCH3 is 1. The number of carbonyl (C=O) groups is 2. The molecule has 1 aromatic carbocycles. The van der Waals surface area contributed by atoms with Gasteiger partial charge < -0.3 is 13.9 Å². The number of ether oxygens (including phenoxy) is 2. The minimum absolute atomic E-state index is 0.152. The molecule has 22 heavy (non-hydrogen) atoms. The molecule has 0 aliphatic heterocycles. The van der Waals surface area contributed by atoms with E-state index in [9.17, 15) is 14.0 Å². The summed E-state index contributed by atoms with van der Waals surface area (Å²) in [7, 11) is 1.26. The van der Waals surface area contributed by atoms with Crippen LogP contribution in [0.25, 0.3) is 0 Å². The summed E-state index contributed by atoms with van der Waals surface area (Å²) in [6.07, 6.45) is 0. The zero-order valence-electron chi connectivity index (χ0n) is 11.8. The van der Waals surface area contributed by atoms with Crippen molar-refractivity contribution < 1.29 is 27.9 Å². The normalized spacial score (nSPS) is 10.4. The standard InChI is InChI=1S/C15H12BrFO5/c1-8-12(14(18)20-2)6-10(22-8)7-21-15(19)11-4-3-9(17)5-13(11)16/h3-6H,7H2,1-2H3. The predicted molar refractivity (Wildman–Crippen MR) is 78.0 cm³/mol. The van der Waals surface area contributed by atoms with E-state index in [1.54, 1.807) is 6.92 Å². The van der Waals surface area contributed by atoms with Gasteiger partial charge in [0.15, 0.2) is 0 Å². The number of aryl methyl sites for hydroxylation is 1.